The molecule has 0 bridgehead atoms. The largest absolute Gasteiger partial charge is 0.492 e. The maximum Gasteiger partial charge on any atom is 0.316 e. The van der Waals surface area contributed by atoms with Crippen LogP contribution in [-0.2, 0) is 6.42 Å². The lowest BCUT2D eigenvalue weighted by atomic mass is 9.94. The van der Waals surface area contributed by atoms with Crippen molar-refractivity contribution in [2.45, 2.75) is 19.4 Å². The summed E-state index contributed by atoms with van der Waals surface area (Å²) in [7, 11) is 0. The molecule has 1 aromatic carbocycles. The van der Waals surface area contributed by atoms with E-state index in [2.05, 4.69) is 9.97 Å². The van der Waals surface area contributed by atoms with Crippen molar-refractivity contribution >= 4 is 0 Å². The minimum absolute atomic E-state index is 0.0345. The van der Waals surface area contributed by atoms with Crippen LogP contribution in [0.5, 0.6) is 11.8 Å². The number of hydrogen-bond acceptors (Lipinski definition) is 5. The van der Waals surface area contributed by atoms with Crippen LogP contribution in [0.1, 0.15) is 12.5 Å². The normalized spacial score (nSPS) is 17.2. The van der Waals surface area contributed by atoms with Crippen LogP contribution in [0.2, 0.25) is 0 Å². The van der Waals surface area contributed by atoms with Crippen molar-refractivity contribution in [3.05, 3.63) is 36.2 Å². The summed E-state index contributed by atoms with van der Waals surface area (Å²) in [5, 5.41) is 0. The predicted octanol–water partition coefficient (Wildman–Crippen LogP) is 1.80. The summed E-state index contributed by atoms with van der Waals surface area (Å²) < 4.78 is 10.9. The highest BCUT2D eigenvalue weighted by Crippen LogP contribution is 2.33. The Morgan fingerprint density at radius 3 is 2.90 bits per heavy atom. The summed E-state index contributed by atoms with van der Waals surface area (Å²) in [5.74, 6) is 0.901. The van der Waals surface area contributed by atoms with Crippen LogP contribution in [-0.4, -0.2) is 29.2 Å². The van der Waals surface area contributed by atoms with Crippen molar-refractivity contribution in [2.24, 2.45) is 5.73 Å². The lowest BCUT2D eigenvalue weighted by Crippen LogP contribution is -2.34. The lowest BCUT2D eigenvalue weighted by molar-refractivity contribution is 0.264. The molecule has 104 valence electrons. The zero-order valence-electron chi connectivity index (χ0n) is 11.4. The highest BCUT2D eigenvalue weighted by Gasteiger charge is 2.20. The van der Waals surface area contributed by atoms with Crippen molar-refractivity contribution < 1.29 is 9.47 Å². The summed E-state index contributed by atoms with van der Waals surface area (Å²) in [6.07, 6.45) is 4.35. The predicted molar refractivity (Wildman–Crippen MR) is 75.8 cm³/mol. The van der Waals surface area contributed by atoms with Crippen LogP contribution in [0.4, 0.5) is 0 Å². The Morgan fingerprint density at radius 1 is 1.35 bits per heavy atom. The molecule has 0 fully saturated rings. The summed E-state index contributed by atoms with van der Waals surface area (Å²) in [6, 6.07) is 6.42. The van der Waals surface area contributed by atoms with E-state index in [9.17, 15) is 0 Å². The zero-order valence-corrected chi connectivity index (χ0v) is 11.4. The minimum Gasteiger partial charge on any atom is -0.492 e. The molecule has 0 amide bonds. The number of rotatable bonds is 3. The van der Waals surface area contributed by atoms with Gasteiger partial charge in [-0.1, -0.05) is 12.1 Å². The molecule has 0 saturated carbocycles. The van der Waals surface area contributed by atoms with Gasteiger partial charge in [0.15, 0.2) is 0 Å². The molecule has 1 atom stereocenters. The van der Waals surface area contributed by atoms with Gasteiger partial charge in [-0.2, -0.15) is 0 Å². The van der Waals surface area contributed by atoms with Gasteiger partial charge in [-0.05, 0) is 25.0 Å². The first kappa shape index (κ1) is 12.9. The zero-order chi connectivity index (χ0) is 13.9. The van der Waals surface area contributed by atoms with E-state index < -0.39 is 0 Å². The van der Waals surface area contributed by atoms with E-state index in [1.807, 2.05) is 25.1 Å². The van der Waals surface area contributed by atoms with Crippen molar-refractivity contribution in [2.75, 3.05) is 13.2 Å². The number of aromatic nitrogens is 2. The number of nitrogens with two attached hydrogens (primary N) is 1. The van der Waals surface area contributed by atoms with Crippen LogP contribution in [0.3, 0.4) is 0 Å². The molecule has 0 saturated heterocycles. The Balaban J connectivity index is 1.97. The monoisotopic (exact) mass is 271 g/mol. The van der Waals surface area contributed by atoms with E-state index in [1.165, 1.54) is 0 Å². The molecular formula is C15H17N3O2. The van der Waals surface area contributed by atoms with Gasteiger partial charge in [0.1, 0.15) is 12.4 Å². The highest BCUT2D eigenvalue weighted by atomic mass is 16.5. The number of nitrogens with zero attached hydrogens (tertiary/aromatic N) is 2. The molecule has 5 heteroatoms. The van der Waals surface area contributed by atoms with E-state index in [0.717, 1.165) is 28.9 Å². The van der Waals surface area contributed by atoms with Crippen molar-refractivity contribution in [1.82, 2.24) is 9.97 Å². The van der Waals surface area contributed by atoms with Crippen molar-refractivity contribution in [1.29, 1.82) is 0 Å². The molecule has 20 heavy (non-hydrogen) atoms. The highest BCUT2D eigenvalue weighted by molar-refractivity contribution is 5.69. The molecule has 0 spiro atoms. The van der Waals surface area contributed by atoms with Crippen LogP contribution in [0, 0.1) is 0 Å². The van der Waals surface area contributed by atoms with Crippen LogP contribution in [0.25, 0.3) is 11.1 Å². The average molecular weight is 271 g/mol. The summed E-state index contributed by atoms with van der Waals surface area (Å²) in [4.78, 5) is 8.41. The molecule has 1 aromatic heterocycles. The van der Waals surface area contributed by atoms with Gasteiger partial charge in [0.25, 0.3) is 0 Å². The third kappa shape index (κ3) is 2.44. The second-order valence-corrected chi connectivity index (χ2v) is 4.74. The fourth-order valence-corrected chi connectivity index (χ4v) is 2.36. The maximum absolute atomic E-state index is 5.98. The number of fused-ring (bicyclic) bond motifs is 1. The average Bonchev–Trinajstić information content (AvgIpc) is 2.48. The quantitative estimate of drug-likeness (QED) is 0.921. The Labute approximate surface area is 117 Å². The van der Waals surface area contributed by atoms with Crippen LogP contribution < -0.4 is 15.2 Å². The fraction of sp³-hybridized carbons (Fsp3) is 0.333. The first-order chi connectivity index (χ1) is 9.78. The first-order valence-electron chi connectivity index (χ1n) is 6.73. The van der Waals surface area contributed by atoms with Gasteiger partial charge in [-0.3, -0.25) is 0 Å². The van der Waals surface area contributed by atoms with Gasteiger partial charge < -0.3 is 15.2 Å². The second-order valence-electron chi connectivity index (χ2n) is 4.74. The third-order valence-electron chi connectivity index (χ3n) is 3.26. The summed E-state index contributed by atoms with van der Waals surface area (Å²) in [5.41, 5.74) is 9.13. The van der Waals surface area contributed by atoms with Gasteiger partial charge >= 0.3 is 6.01 Å². The van der Waals surface area contributed by atoms with Crippen molar-refractivity contribution in [3.63, 3.8) is 0 Å². The molecule has 2 aromatic rings. The standard InChI is InChI=1S/C15H17N3O2/c1-2-19-15-17-7-10(8-18-15)12-4-3-5-14-13(12)6-11(16)9-20-14/h3-5,7-8,11H,2,6,9,16H2,1H3/t11-/m0/s1. The Hall–Kier alpha value is -2.14. The molecule has 3 rings (SSSR count). The molecule has 2 N–H and O–H groups in total. The lowest BCUT2D eigenvalue weighted by Gasteiger charge is -2.24. The van der Waals surface area contributed by atoms with E-state index in [1.54, 1.807) is 12.4 Å². The molecule has 1 aliphatic heterocycles. The minimum atomic E-state index is 0.0345. The second kappa shape index (κ2) is 5.46. The van der Waals surface area contributed by atoms with E-state index in [0.29, 0.717) is 19.2 Å². The van der Waals surface area contributed by atoms with E-state index in [4.69, 9.17) is 15.2 Å². The summed E-state index contributed by atoms with van der Waals surface area (Å²) >= 11 is 0. The van der Waals surface area contributed by atoms with Gasteiger partial charge in [0, 0.05) is 29.6 Å². The topological polar surface area (TPSA) is 70.3 Å². The molecule has 0 aliphatic carbocycles. The van der Waals surface area contributed by atoms with E-state index >= 15 is 0 Å². The van der Waals surface area contributed by atoms with Gasteiger partial charge in [0.05, 0.1) is 6.61 Å². The molecule has 0 radical (unpaired) electrons. The number of ether oxygens (including phenoxy) is 2. The third-order valence-corrected chi connectivity index (χ3v) is 3.26. The van der Waals surface area contributed by atoms with Gasteiger partial charge in [-0.15, -0.1) is 0 Å². The molecule has 5 nitrogen and oxygen atoms in total. The first-order valence-corrected chi connectivity index (χ1v) is 6.73. The van der Waals surface area contributed by atoms with Crippen LogP contribution in [0.15, 0.2) is 30.6 Å². The van der Waals surface area contributed by atoms with Gasteiger partial charge in [-0.25, -0.2) is 9.97 Å². The fourth-order valence-electron chi connectivity index (χ4n) is 2.36. The molecular weight excluding hydrogens is 254 g/mol. The Morgan fingerprint density at radius 2 is 2.15 bits per heavy atom. The Bertz CT molecular complexity index is 599. The van der Waals surface area contributed by atoms with Gasteiger partial charge in [0.2, 0.25) is 0 Å². The molecule has 0 unspecified atom stereocenters. The molecule has 1 aliphatic rings. The molecule has 2 heterocycles. The number of hydrogen-bond donors (Lipinski definition) is 1. The van der Waals surface area contributed by atoms with Crippen molar-refractivity contribution in [3.8, 4) is 22.9 Å². The van der Waals surface area contributed by atoms with E-state index in [-0.39, 0.29) is 6.04 Å². The summed E-state index contributed by atoms with van der Waals surface area (Å²) in [6.45, 7) is 3.03. The number of benzene rings is 1. The maximum atomic E-state index is 5.98. The Kier molecular flexibility index (Phi) is 3.52. The smallest absolute Gasteiger partial charge is 0.316 e. The van der Waals surface area contributed by atoms with Crippen LogP contribution >= 0.6 is 0 Å². The SMILES string of the molecule is CCOc1ncc(-c2cccc3c2C[C@H](N)CO3)cn1.